The number of likely N-dealkylation sites (tertiary alicyclic amines) is 2. The van der Waals surface area contributed by atoms with Gasteiger partial charge in [0.1, 0.15) is 12.4 Å². The molecule has 10 nitrogen and oxygen atoms in total. The number of carbonyl (C=O) groups excluding carboxylic acids is 2. The molecule has 54 heavy (non-hydrogen) atoms. The zero-order valence-corrected chi connectivity index (χ0v) is 34.1. The van der Waals surface area contributed by atoms with E-state index in [-0.39, 0.29) is 23.8 Å². The number of carbonyl (C=O) groups is 2. The van der Waals surface area contributed by atoms with Crippen molar-refractivity contribution in [2.75, 3.05) is 66.6 Å². The first-order chi connectivity index (χ1) is 26.0. The van der Waals surface area contributed by atoms with Gasteiger partial charge in [-0.05, 0) is 33.6 Å². The van der Waals surface area contributed by atoms with Crippen LogP contribution in [0, 0.1) is 5.41 Å². The molecule has 3 saturated heterocycles. The zero-order valence-electron chi connectivity index (χ0n) is 31.0. The molecule has 0 atom stereocenters. The van der Waals surface area contributed by atoms with Crippen molar-refractivity contribution in [2.45, 2.75) is 33.5 Å². The summed E-state index contributed by atoms with van der Waals surface area (Å²) in [4.78, 5) is 36.5. The van der Waals surface area contributed by atoms with E-state index in [2.05, 4.69) is 42.8 Å². The number of aromatic nitrogens is 1. The number of halogens is 3. The maximum Gasteiger partial charge on any atom is 0.231 e. The van der Waals surface area contributed by atoms with E-state index in [0.717, 1.165) is 90.5 Å². The fraction of sp³-hybridized carbons (Fsp3) is 0.390. The quantitative estimate of drug-likeness (QED) is 0.155. The monoisotopic (exact) mass is 835 g/mol. The van der Waals surface area contributed by atoms with Gasteiger partial charge in [-0.15, -0.1) is 0 Å². The molecule has 3 fully saturated rings. The number of hydrogen-bond acceptors (Lipinski definition) is 8. The number of nitrogens with zero attached hydrogens (tertiary/aromatic N) is 5. The molecule has 4 aromatic rings. The molecule has 2 amide bonds. The first kappa shape index (κ1) is 38.4. The minimum Gasteiger partial charge on any atom is -0.496 e. The number of methoxy groups -OCH3 is 2. The largest absolute Gasteiger partial charge is 0.496 e. The fourth-order valence-electron chi connectivity index (χ4n) is 7.84. The maximum atomic E-state index is 11.7. The highest BCUT2D eigenvalue weighted by Crippen LogP contribution is 2.43. The summed E-state index contributed by atoms with van der Waals surface area (Å²) in [6.45, 7) is 11.5. The molecule has 0 unspecified atom stereocenters. The van der Waals surface area contributed by atoms with Crippen LogP contribution < -0.4 is 14.2 Å². The molecular formula is C41H44BrCl2N5O5. The first-order valence-corrected chi connectivity index (χ1v) is 19.6. The Labute approximate surface area is 335 Å². The first-order valence-electron chi connectivity index (χ1n) is 18.0. The van der Waals surface area contributed by atoms with E-state index in [1.807, 2.05) is 58.3 Å². The molecule has 0 bridgehead atoms. The maximum absolute atomic E-state index is 11.7. The van der Waals surface area contributed by atoms with Gasteiger partial charge in [0.05, 0.1) is 28.7 Å². The van der Waals surface area contributed by atoms with E-state index in [9.17, 15) is 9.59 Å². The summed E-state index contributed by atoms with van der Waals surface area (Å²) >= 11 is 17.9. The Morgan fingerprint density at radius 3 is 2.04 bits per heavy atom. The van der Waals surface area contributed by atoms with Gasteiger partial charge in [-0.2, -0.15) is 4.98 Å². The average molecular weight is 838 g/mol. The molecule has 0 aliphatic carbocycles. The lowest BCUT2D eigenvalue weighted by Crippen LogP contribution is -2.72. The van der Waals surface area contributed by atoms with E-state index in [0.29, 0.717) is 45.9 Å². The van der Waals surface area contributed by atoms with E-state index >= 15 is 0 Å². The Hall–Kier alpha value is -3.87. The molecule has 1 aromatic heterocycles. The van der Waals surface area contributed by atoms with Crippen LogP contribution in [0.1, 0.15) is 30.5 Å². The van der Waals surface area contributed by atoms with Crippen LogP contribution in [-0.2, 0) is 29.3 Å². The van der Waals surface area contributed by atoms with Crippen molar-refractivity contribution in [3.63, 3.8) is 0 Å². The summed E-state index contributed by atoms with van der Waals surface area (Å²) < 4.78 is 18.4. The van der Waals surface area contributed by atoms with Gasteiger partial charge in [0.25, 0.3) is 0 Å². The molecular weight excluding hydrogens is 793 g/mol. The van der Waals surface area contributed by atoms with Crippen LogP contribution in [0.3, 0.4) is 0 Å². The Balaban J connectivity index is 1.03. The lowest BCUT2D eigenvalue weighted by Gasteiger charge is -2.60. The van der Waals surface area contributed by atoms with Crippen molar-refractivity contribution in [3.05, 3.63) is 91.9 Å². The number of benzene rings is 3. The van der Waals surface area contributed by atoms with E-state index in [1.54, 1.807) is 28.1 Å². The zero-order chi connectivity index (χ0) is 38.1. The van der Waals surface area contributed by atoms with Gasteiger partial charge in [0.15, 0.2) is 0 Å². The summed E-state index contributed by atoms with van der Waals surface area (Å²) in [5.74, 6) is 1.95. The third-order valence-electron chi connectivity index (χ3n) is 10.7. The second-order valence-corrected chi connectivity index (χ2v) is 16.1. The van der Waals surface area contributed by atoms with Gasteiger partial charge in [0, 0.05) is 118 Å². The van der Waals surface area contributed by atoms with Crippen LogP contribution in [0.25, 0.3) is 22.3 Å². The summed E-state index contributed by atoms with van der Waals surface area (Å²) in [7, 11) is 3.30. The highest BCUT2D eigenvalue weighted by Gasteiger charge is 2.52. The van der Waals surface area contributed by atoms with Crippen LogP contribution in [0.15, 0.2) is 65.1 Å². The number of hydrogen-bond donors (Lipinski definition) is 0. The molecule has 3 aliphatic rings. The smallest absolute Gasteiger partial charge is 0.231 e. The highest BCUT2D eigenvalue weighted by atomic mass is 79.9. The number of ether oxygens (including phenoxy) is 3. The van der Waals surface area contributed by atoms with E-state index in [4.69, 9.17) is 37.4 Å². The summed E-state index contributed by atoms with van der Waals surface area (Å²) in [6.07, 6.45) is 0. The van der Waals surface area contributed by atoms with Crippen molar-refractivity contribution in [1.29, 1.82) is 0 Å². The standard InChI is InChI=1S/C41H44BrCl2N5O5/c1-26(50)48-15-13-46(14-16-48)20-31-17-35(42)40(45-39(31)53-4)54-21-30-7-5-9-33(37(30)43)34-10-6-8-32(38(34)44)28-11-12-29(36(18-28)52-3)19-47-22-41(23-47)24-49(25-41)27(2)51/h5-12,17-18H,13-16,19-25H2,1-4H3. The van der Waals surface area contributed by atoms with Gasteiger partial charge in [-0.1, -0.05) is 71.7 Å². The number of piperazine rings is 1. The summed E-state index contributed by atoms with van der Waals surface area (Å²) in [5, 5.41) is 1.13. The molecule has 0 N–H and O–H groups in total. The Morgan fingerprint density at radius 2 is 1.37 bits per heavy atom. The number of amides is 2. The second-order valence-electron chi connectivity index (χ2n) is 14.5. The number of pyridine rings is 1. The second kappa shape index (κ2) is 16.1. The molecule has 7 rings (SSSR count). The molecule has 1 spiro atoms. The summed E-state index contributed by atoms with van der Waals surface area (Å²) in [6, 6.07) is 20.0. The SMILES string of the molecule is COc1cc(-c2cccc(-c3cccc(COc4nc(OC)c(CN5CCN(C(C)=O)CC5)cc4Br)c3Cl)c2Cl)ccc1CN1CC2(C1)CN(C(C)=O)C2. The Kier molecular flexibility index (Phi) is 11.4. The van der Waals surface area contributed by atoms with Crippen LogP contribution in [0.4, 0.5) is 0 Å². The van der Waals surface area contributed by atoms with Crippen molar-refractivity contribution < 1.29 is 23.8 Å². The van der Waals surface area contributed by atoms with Crippen LogP contribution in [0.2, 0.25) is 10.0 Å². The van der Waals surface area contributed by atoms with Crippen molar-refractivity contribution in [2.24, 2.45) is 5.41 Å². The predicted octanol–water partition coefficient (Wildman–Crippen LogP) is 7.41. The van der Waals surface area contributed by atoms with Crippen molar-refractivity contribution >= 4 is 50.9 Å². The van der Waals surface area contributed by atoms with Crippen LogP contribution in [-0.4, -0.2) is 103 Å². The summed E-state index contributed by atoms with van der Waals surface area (Å²) in [5.41, 5.74) is 6.50. The minimum atomic E-state index is 0.105. The molecule has 3 aliphatic heterocycles. The van der Waals surface area contributed by atoms with Crippen molar-refractivity contribution in [3.8, 4) is 39.8 Å². The minimum absolute atomic E-state index is 0.105. The van der Waals surface area contributed by atoms with E-state index < -0.39 is 0 Å². The Bertz CT molecular complexity index is 2060. The topological polar surface area (TPSA) is 87.7 Å². The predicted molar refractivity (Wildman–Crippen MR) is 214 cm³/mol. The molecule has 3 aromatic carbocycles. The van der Waals surface area contributed by atoms with Gasteiger partial charge in [-0.25, -0.2) is 0 Å². The molecule has 4 heterocycles. The lowest BCUT2D eigenvalue weighted by atomic mass is 9.72. The Morgan fingerprint density at radius 1 is 0.722 bits per heavy atom. The van der Waals surface area contributed by atoms with Crippen LogP contribution in [0.5, 0.6) is 17.5 Å². The van der Waals surface area contributed by atoms with Gasteiger partial charge >= 0.3 is 0 Å². The normalized spacial score (nSPS) is 16.9. The van der Waals surface area contributed by atoms with Gasteiger partial charge < -0.3 is 24.0 Å². The fourth-order valence-corrected chi connectivity index (χ4v) is 8.94. The molecule has 284 valence electrons. The average Bonchev–Trinajstić information content (AvgIpc) is 3.12. The number of rotatable bonds is 11. The highest BCUT2D eigenvalue weighted by molar-refractivity contribution is 9.10. The molecule has 13 heteroatoms. The third kappa shape index (κ3) is 7.93. The van der Waals surface area contributed by atoms with Gasteiger partial charge in [-0.3, -0.25) is 19.4 Å². The van der Waals surface area contributed by atoms with Crippen molar-refractivity contribution in [1.82, 2.24) is 24.6 Å². The lowest BCUT2D eigenvalue weighted by molar-refractivity contribution is -0.157. The van der Waals surface area contributed by atoms with E-state index in [1.165, 1.54) is 0 Å². The molecule has 0 radical (unpaired) electrons. The van der Waals surface area contributed by atoms with Crippen LogP contribution >= 0.6 is 39.1 Å². The third-order valence-corrected chi connectivity index (χ3v) is 12.1. The van der Waals surface area contributed by atoms with Gasteiger partial charge in [0.2, 0.25) is 23.6 Å². The molecule has 0 saturated carbocycles.